The molecule has 0 amide bonds. The van der Waals surface area contributed by atoms with Crippen molar-refractivity contribution in [2.75, 3.05) is 6.26 Å². The highest BCUT2D eigenvalue weighted by atomic mass is 32.2. The third kappa shape index (κ3) is 7.11. The zero-order valence-electron chi connectivity index (χ0n) is 9.32. The molecule has 0 aromatic carbocycles. The van der Waals surface area contributed by atoms with E-state index < -0.39 is 16.2 Å². The Morgan fingerprint density at radius 1 is 1.47 bits per heavy atom. The molecule has 15 heavy (non-hydrogen) atoms. The van der Waals surface area contributed by atoms with Crippen LogP contribution in [0.5, 0.6) is 0 Å². The van der Waals surface area contributed by atoms with Crippen LogP contribution in [-0.2, 0) is 14.3 Å². The molecule has 0 aromatic heterocycles. The second-order valence-electron chi connectivity index (χ2n) is 3.54. The SMILES string of the molecule is C=CC(=C)CCC(OS(C)(=O)=O)C(=C)C. The second kappa shape index (κ2) is 5.88. The molecular formula is C11H18O3S. The molecule has 86 valence electrons. The average molecular weight is 230 g/mol. The van der Waals surface area contributed by atoms with Crippen molar-refractivity contribution in [2.45, 2.75) is 25.9 Å². The summed E-state index contributed by atoms with van der Waals surface area (Å²) < 4.78 is 26.8. The van der Waals surface area contributed by atoms with E-state index in [0.29, 0.717) is 18.4 Å². The van der Waals surface area contributed by atoms with Crippen molar-refractivity contribution in [2.24, 2.45) is 0 Å². The fourth-order valence-corrected chi connectivity index (χ4v) is 1.69. The summed E-state index contributed by atoms with van der Waals surface area (Å²) in [6, 6.07) is 0. The lowest BCUT2D eigenvalue weighted by molar-refractivity contribution is 0.236. The van der Waals surface area contributed by atoms with Gasteiger partial charge in [0.05, 0.1) is 12.4 Å². The predicted octanol–water partition coefficient (Wildman–Crippen LogP) is 2.43. The van der Waals surface area contributed by atoms with Gasteiger partial charge in [0.15, 0.2) is 0 Å². The molecule has 4 heteroatoms. The van der Waals surface area contributed by atoms with Gasteiger partial charge in [-0.1, -0.05) is 37.0 Å². The van der Waals surface area contributed by atoms with E-state index in [-0.39, 0.29) is 0 Å². The third-order valence-corrected chi connectivity index (χ3v) is 2.44. The van der Waals surface area contributed by atoms with E-state index in [4.69, 9.17) is 4.18 Å². The highest BCUT2D eigenvalue weighted by Gasteiger charge is 2.15. The van der Waals surface area contributed by atoms with E-state index >= 15 is 0 Å². The molecule has 0 heterocycles. The number of rotatable bonds is 7. The lowest BCUT2D eigenvalue weighted by atomic mass is 10.0. The molecule has 0 aromatic rings. The molecule has 0 fully saturated rings. The minimum Gasteiger partial charge on any atom is -0.262 e. The minimum atomic E-state index is -3.44. The van der Waals surface area contributed by atoms with Crippen molar-refractivity contribution < 1.29 is 12.6 Å². The first kappa shape index (κ1) is 14.1. The van der Waals surface area contributed by atoms with E-state index in [1.54, 1.807) is 13.0 Å². The molecular weight excluding hydrogens is 212 g/mol. The molecule has 0 N–H and O–H groups in total. The van der Waals surface area contributed by atoms with Crippen LogP contribution >= 0.6 is 0 Å². The van der Waals surface area contributed by atoms with Crippen LogP contribution in [0, 0.1) is 0 Å². The molecule has 0 aliphatic heterocycles. The van der Waals surface area contributed by atoms with Crippen molar-refractivity contribution in [3.05, 3.63) is 37.0 Å². The Kier molecular flexibility index (Phi) is 5.54. The van der Waals surface area contributed by atoms with Crippen LogP contribution in [0.1, 0.15) is 19.8 Å². The van der Waals surface area contributed by atoms with E-state index in [2.05, 4.69) is 19.7 Å². The highest BCUT2D eigenvalue weighted by molar-refractivity contribution is 7.86. The molecule has 0 aliphatic carbocycles. The smallest absolute Gasteiger partial charge is 0.262 e. The fraction of sp³-hybridized carbons (Fsp3) is 0.455. The van der Waals surface area contributed by atoms with E-state index in [0.717, 1.165) is 11.8 Å². The first-order valence-electron chi connectivity index (χ1n) is 4.60. The number of hydrogen-bond donors (Lipinski definition) is 0. The Labute approximate surface area is 92.3 Å². The maximum Gasteiger partial charge on any atom is 0.264 e. The lowest BCUT2D eigenvalue weighted by Gasteiger charge is -2.16. The Morgan fingerprint density at radius 2 is 2.00 bits per heavy atom. The highest BCUT2D eigenvalue weighted by Crippen LogP contribution is 2.16. The molecule has 0 rings (SSSR count). The summed E-state index contributed by atoms with van der Waals surface area (Å²) in [6.45, 7) is 12.8. The van der Waals surface area contributed by atoms with Gasteiger partial charge in [-0.05, 0) is 19.8 Å². The van der Waals surface area contributed by atoms with Crippen LogP contribution in [0.4, 0.5) is 0 Å². The van der Waals surface area contributed by atoms with Gasteiger partial charge in [-0.25, -0.2) is 0 Å². The van der Waals surface area contributed by atoms with Crippen LogP contribution in [0.15, 0.2) is 37.0 Å². The summed E-state index contributed by atoms with van der Waals surface area (Å²) in [5, 5.41) is 0. The normalized spacial score (nSPS) is 13.2. The molecule has 1 unspecified atom stereocenters. The minimum absolute atomic E-state index is 0.475. The number of hydrogen-bond acceptors (Lipinski definition) is 3. The van der Waals surface area contributed by atoms with Crippen molar-refractivity contribution in [1.29, 1.82) is 0 Å². The van der Waals surface area contributed by atoms with Gasteiger partial charge in [-0.2, -0.15) is 8.42 Å². The van der Waals surface area contributed by atoms with Crippen LogP contribution in [-0.4, -0.2) is 20.8 Å². The molecule has 1 atom stereocenters. The van der Waals surface area contributed by atoms with Gasteiger partial charge >= 0.3 is 0 Å². The Morgan fingerprint density at radius 3 is 2.33 bits per heavy atom. The van der Waals surface area contributed by atoms with E-state index in [1.807, 2.05) is 0 Å². The molecule has 3 nitrogen and oxygen atoms in total. The molecule has 0 bridgehead atoms. The van der Waals surface area contributed by atoms with Gasteiger partial charge in [0.2, 0.25) is 0 Å². The van der Waals surface area contributed by atoms with Crippen molar-refractivity contribution in [3.8, 4) is 0 Å². The Hall–Kier alpha value is -0.870. The standard InChI is InChI=1S/C11H18O3S/c1-6-10(4)7-8-11(9(2)3)14-15(5,12)13/h6,11H,1-2,4,7-8H2,3,5H3. The summed E-state index contributed by atoms with van der Waals surface area (Å²) in [5.41, 5.74) is 1.55. The summed E-state index contributed by atoms with van der Waals surface area (Å²) in [6.07, 6.45) is 3.40. The first-order valence-corrected chi connectivity index (χ1v) is 6.41. The van der Waals surface area contributed by atoms with Crippen LogP contribution < -0.4 is 0 Å². The topological polar surface area (TPSA) is 43.4 Å². The molecule has 0 radical (unpaired) electrons. The van der Waals surface area contributed by atoms with E-state index in [9.17, 15) is 8.42 Å². The van der Waals surface area contributed by atoms with Crippen LogP contribution in [0.2, 0.25) is 0 Å². The maximum absolute atomic E-state index is 11.0. The maximum atomic E-state index is 11.0. The average Bonchev–Trinajstić information content (AvgIpc) is 2.09. The largest absolute Gasteiger partial charge is 0.264 e. The Bertz CT molecular complexity index is 352. The molecule has 0 aliphatic rings. The summed E-state index contributed by atoms with van der Waals surface area (Å²) in [4.78, 5) is 0. The van der Waals surface area contributed by atoms with Crippen molar-refractivity contribution in [1.82, 2.24) is 0 Å². The summed E-state index contributed by atoms with van der Waals surface area (Å²) in [5.74, 6) is 0. The molecule has 0 saturated heterocycles. The van der Waals surface area contributed by atoms with Gasteiger partial charge in [-0.15, -0.1) is 0 Å². The first-order chi connectivity index (χ1) is 6.76. The van der Waals surface area contributed by atoms with Crippen LogP contribution in [0.25, 0.3) is 0 Å². The second-order valence-corrected chi connectivity index (χ2v) is 5.14. The summed E-state index contributed by atoms with van der Waals surface area (Å²) in [7, 11) is -3.44. The van der Waals surface area contributed by atoms with Crippen LogP contribution in [0.3, 0.4) is 0 Å². The lowest BCUT2D eigenvalue weighted by Crippen LogP contribution is -2.18. The predicted molar refractivity (Wildman–Crippen MR) is 63.1 cm³/mol. The molecule has 0 spiro atoms. The fourth-order valence-electron chi connectivity index (χ4n) is 1.01. The summed E-state index contributed by atoms with van der Waals surface area (Å²) >= 11 is 0. The van der Waals surface area contributed by atoms with Gasteiger partial charge in [0.1, 0.15) is 0 Å². The van der Waals surface area contributed by atoms with Crippen molar-refractivity contribution in [3.63, 3.8) is 0 Å². The van der Waals surface area contributed by atoms with Gasteiger partial charge in [-0.3, -0.25) is 4.18 Å². The number of allylic oxidation sites excluding steroid dienone is 2. The quantitative estimate of drug-likeness (QED) is 0.383. The zero-order valence-corrected chi connectivity index (χ0v) is 10.1. The molecule has 0 saturated carbocycles. The van der Waals surface area contributed by atoms with Crippen molar-refractivity contribution >= 4 is 10.1 Å². The monoisotopic (exact) mass is 230 g/mol. The third-order valence-electron chi connectivity index (χ3n) is 1.86. The van der Waals surface area contributed by atoms with Gasteiger partial charge in [0, 0.05) is 0 Å². The van der Waals surface area contributed by atoms with Gasteiger partial charge < -0.3 is 0 Å². The van der Waals surface area contributed by atoms with Gasteiger partial charge in [0.25, 0.3) is 10.1 Å². The van der Waals surface area contributed by atoms with E-state index in [1.165, 1.54) is 0 Å². The Balaban J connectivity index is 4.36. The zero-order chi connectivity index (χ0) is 12.1.